The first kappa shape index (κ1) is 22.8. The Morgan fingerprint density at radius 1 is 1.19 bits per heavy atom. The highest BCUT2D eigenvalue weighted by Crippen LogP contribution is 2.34. The van der Waals surface area contributed by atoms with Crippen LogP contribution in [0.4, 0.5) is 0 Å². The number of methoxy groups -OCH3 is 1. The molecular formula is C23H24N2O4S2. The van der Waals surface area contributed by atoms with Gasteiger partial charge in [0.1, 0.15) is 0 Å². The highest BCUT2D eigenvalue weighted by Gasteiger charge is 2.33. The van der Waals surface area contributed by atoms with Crippen LogP contribution in [0.2, 0.25) is 0 Å². The van der Waals surface area contributed by atoms with Gasteiger partial charge in [-0.25, -0.2) is 0 Å². The van der Waals surface area contributed by atoms with Gasteiger partial charge >= 0.3 is 0 Å². The van der Waals surface area contributed by atoms with Gasteiger partial charge in [0.15, 0.2) is 15.8 Å². The smallest absolute Gasteiger partial charge is 0.285 e. The van der Waals surface area contributed by atoms with E-state index in [-0.39, 0.29) is 22.6 Å². The number of ether oxygens (including phenoxy) is 2. The number of rotatable bonds is 9. The molecule has 2 amide bonds. The number of carbonyl (C=O) groups excluding carboxylic acids is 2. The molecule has 162 valence electrons. The number of nitrogens with one attached hydrogen (secondary N) is 1. The Morgan fingerprint density at radius 3 is 2.68 bits per heavy atom. The molecule has 31 heavy (non-hydrogen) atoms. The van der Waals surface area contributed by atoms with Crippen LogP contribution < -0.4 is 14.9 Å². The molecule has 3 rings (SSSR count). The lowest BCUT2D eigenvalue weighted by Crippen LogP contribution is -2.45. The van der Waals surface area contributed by atoms with Crippen molar-refractivity contribution in [2.24, 2.45) is 0 Å². The highest BCUT2D eigenvalue weighted by atomic mass is 32.2. The number of thioether (sulfide) groups is 1. The summed E-state index contributed by atoms with van der Waals surface area (Å²) in [6.45, 7) is 2.72. The maximum Gasteiger partial charge on any atom is 0.285 e. The molecule has 6 nitrogen and oxygen atoms in total. The summed E-state index contributed by atoms with van der Waals surface area (Å²) in [6.07, 6.45) is 3.89. The molecule has 0 aromatic heterocycles. The topological polar surface area (TPSA) is 67.9 Å². The van der Waals surface area contributed by atoms with Crippen molar-refractivity contribution in [1.29, 1.82) is 0 Å². The molecule has 0 bridgehead atoms. The van der Waals surface area contributed by atoms with Crippen molar-refractivity contribution in [2.45, 2.75) is 26.2 Å². The SMILES string of the molecule is CCCCOc1ccc(C=C2SC(=S)N(NC(=O)Cc3ccccc3)C2=O)cc1OC. The van der Waals surface area contributed by atoms with E-state index in [9.17, 15) is 9.59 Å². The van der Waals surface area contributed by atoms with Gasteiger partial charge in [0.05, 0.1) is 25.0 Å². The lowest BCUT2D eigenvalue weighted by atomic mass is 10.1. The zero-order chi connectivity index (χ0) is 22.2. The number of carbonyl (C=O) groups is 2. The van der Waals surface area contributed by atoms with E-state index < -0.39 is 0 Å². The van der Waals surface area contributed by atoms with Gasteiger partial charge < -0.3 is 9.47 Å². The van der Waals surface area contributed by atoms with E-state index >= 15 is 0 Å². The van der Waals surface area contributed by atoms with Crippen LogP contribution in [0.3, 0.4) is 0 Å². The van der Waals surface area contributed by atoms with E-state index in [1.807, 2.05) is 48.5 Å². The first-order chi connectivity index (χ1) is 15.0. The van der Waals surface area contributed by atoms with Crippen LogP contribution in [0.25, 0.3) is 6.08 Å². The number of hydrogen-bond donors (Lipinski definition) is 1. The third-order valence-electron chi connectivity index (χ3n) is 4.48. The maximum atomic E-state index is 12.8. The van der Waals surface area contributed by atoms with Crippen LogP contribution in [-0.4, -0.2) is 34.9 Å². The van der Waals surface area contributed by atoms with Crippen molar-refractivity contribution in [2.75, 3.05) is 13.7 Å². The molecule has 2 aromatic rings. The molecule has 8 heteroatoms. The molecule has 2 aromatic carbocycles. The molecule has 0 saturated carbocycles. The largest absolute Gasteiger partial charge is 0.493 e. The molecule has 1 fully saturated rings. The Labute approximate surface area is 191 Å². The minimum atomic E-state index is -0.362. The number of nitrogens with zero attached hydrogens (tertiary/aromatic N) is 1. The fraction of sp³-hybridized carbons (Fsp3) is 0.261. The summed E-state index contributed by atoms with van der Waals surface area (Å²) in [5.74, 6) is 0.586. The minimum absolute atomic E-state index is 0.160. The molecule has 0 unspecified atom stereocenters. The van der Waals surface area contributed by atoms with Gasteiger partial charge in [-0.2, -0.15) is 5.01 Å². The van der Waals surface area contributed by atoms with Crippen LogP contribution in [0.5, 0.6) is 11.5 Å². The molecular weight excluding hydrogens is 432 g/mol. The lowest BCUT2D eigenvalue weighted by molar-refractivity contribution is -0.132. The van der Waals surface area contributed by atoms with Crippen LogP contribution >= 0.6 is 24.0 Å². The molecule has 1 aliphatic rings. The Balaban J connectivity index is 1.68. The summed E-state index contributed by atoms with van der Waals surface area (Å²) < 4.78 is 11.4. The van der Waals surface area contributed by atoms with Gasteiger partial charge in [0.25, 0.3) is 5.91 Å². The summed E-state index contributed by atoms with van der Waals surface area (Å²) in [5, 5.41) is 1.12. The first-order valence-corrected chi connectivity index (χ1v) is 11.2. The standard InChI is InChI=1S/C23H24N2O4S2/c1-3-4-12-29-18-11-10-17(13-19(18)28-2)14-20-22(27)25(23(30)31-20)24-21(26)15-16-8-6-5-7-9-16/h5-11,13-14H,3-4,12,15H2,1-2H3,(H,24,26). The van der Waals surface area contributed by atoms with Gasteiger partial charge in [-0.05, 0) is 48.0 Å². The molecule has 1 aliphatic heterocycles. The van der Waals surface area contributed by atoms with Crippen molar-refractivity contribution >= 4 is 46.2 Å². The van der Waals surface area contributed by atoms with E-state index in [0.29, 0.717) is 23.0 Å². The predicted molar refractivity (Wildman–Crippen MR) is 127 cm³/mol. The number of hydrazine groups is 1. The van der Waals surface area contributed by atoms with Crippen LogP contribution in [0.1, 0.15) is 30.9 Å². The Morgan fingerprint density at radius 2 is 1.97 bits per heavy atom. The van der Waals surface area contributed by atoms with Crippen molar-refractivity contribution in [3.63, 3.8) is 0 Å². The van der Waals surface area contributed by atoms with Crippen molar-refractivity contribution < 1.29 is 19.1 Å². The van der Waals surface area contributed by atoms with Crippen molar-refractivity contribution in [3.8, 4) is 11.5 Å². The predicted octanol–water partition coefficient (Wildman–Crippen LogP) is 4.35. The summed E-state index contributed by atoms with van der Waals surface area (Å²) in [5.41, 5.74) is 4.23. The number of benzene rings is 2. The van der Waals surface area contributed by atoms with Crippen LogP contribution in [0.15, 0.2) is 53.4 Å². The van der Waals surface area contributed by atoms with Gasteiger partial charge in [-0.1, -0.05) is 61.5 Å². The summed E-state index contributed by atoms with van der Waals surface area (Å²) >= 11 is 6.43. The molecule has 1 saturated heterocycles. The number of amides is 2. The second-order valence-electron chi connectivity index (χ2n) is 6.83. The summed E-state index contributed by atoms with van der Waals surface area (Å²) in [4.78, 5) is 25.5. The van der Waals surface area contributed by atoms with Crippen LogP contribution in [0, 0.1) is 0 Å². The second-order valence-corrected chi connectivity index (χ2v) is 8.50. The maximum absolute atomic E-state index is 12.8. The molecule has 0 spiro atoms. The Hall–Kier alpha value is -2.84. The first-order valence-electron chi connectivity index (χ1n) is 9.94. The highest BCUT2D eigenvalue weighted by molar-refractivity contribution is 8.26. The van der Waals surface area contributed by atoms with E-state index in [0.717, 1.165) is 40.7 Å². The molecule has 0 atom stereocenters. The summed E-state index contributed by atoms with van der Waals surface area (Å²) in [7, 11) is 1.58. The summed E-state index contributed by atoms with van der Waals surface area (Å²) in [6, 6.07) is 14.8. The van der Waals surface area contributed by atoms with Gasteiger partial charge in [0.2, 0.25) is 5.91 Å². The van der Waals surface area contributed by atoms with Crippen LogP contribution in [-0.2, 0) is 16.0 Å². The number of thiocarbonyl (C=S) groups is 1. The van der Waals surface area contributed by atoms with Gasteiger partial charge in [-0.3, -0.25) is 15.0 Å². The number of hydrogen-bond acceptors (Lipinski definition) is 6. The average molecular weight is 457 g/mol. The fourth-order valence-corrected chi connectivity index (χ4v) is 4.06. The zero-order valence-electron chi connectivity index (χ0n) is 17.4. The van der Waals surface area contributed by atoms with E-state index in [1.54, 1.807) is 13.2 Å². The van der Waals surface area contributed by atoms with Gasteiger partial charge in [0, 0.05) is 0 Å². The van der Waals surface area contributed by atoms with E-state index in [2.05, 4.69) is 12.3 Å². The molecule has 0 radical (unpaired) electrons. The molecule has 1 N–H and O–H groups in total. The zero-order valence-corrected chi connectivity index (χ0v) is 19.1. The van der Waals surface area contributed by atoms with E-state index in [4.69, 9.17) is 21.7 Å². The van der Waals surface area contributed by atoms with Gasteiger partial charge in [-0.15, -0.1) is 0 Å². The average Bonchev–Trinajstić information content (AvgIpc) is 3.02. The van der Waals surface area contributed by atoms with Crippen molar-refractivity contribution in [3.05, 3.63) is 64.6 Å². The quantitative estimate of drug-likeness (QED) is 0.344. The molecule has 0 aliphatic carbocycles. The number of unbranched alkanes of at least 4 members (excludes halogenated alkanes) is 1. The Kier molecular flexibility index (Phi) is 8.08. The third kappa shape index (κ3) is 6.08. The minimum Gasteiger partial charge on any atom is -0.493 e. The Bertz CT molecular complexity index is 992. The van der Waals surface area contributed by atoms with Crippen molar-refractivity contribution in [1.82, 2.24) is 10.4 Å². The lowest BCUT2D eigenvalue weighted by Gasteiger charge is -2.15. The molecule has 1 heterocycles. The fourth-order valence-electron chi connectivity index (χ4n) is 2.88. The van der Waals surface area contributed by atoms with E-state index in [1.165, 1.54) is 0 Å². The monoisotopic (exact) mass is 456 g/mol. The third-order valence-corrected chi connectivity index (χ3v) is 5.78. The second kappa shape index (κ2) is 11.0. The normalized spacial score (nSPS) is 14.8.